The zero-order valence-corrected chi connectivity index (χ0v) is 20.7. The third-order valence-corrected chi connectivity index (χ3v) is 6.48. The molecule has 2 N–H and O–H groups in total. The third kappa shape index (κ3) is 7.12. The maximum absolute atomic E-state index is 12.5. The van der Waals surface area contributed by atoms with E-state index in [4.69, 9.17) is 4.74 Å². The number of hydrogen-bond acceptors (Lipinski definition) is 4. The number of H-pyrrole nitrogens is 1. The van der Waals surface area contributed by atoms with Crippen molar-refractivity contribution in [1.29, 1.82) is 0 Å². The first kappa shape index (κ1) is 24.9. The highest BCUT2D eigenvalue weighted by Crippen LogP contribution is 2.30. The van der Waals surface area contributed by atoms with Crippen LogP contribution in [-0.2, 0) is 16.1 Å². The number of para-hydroxylation sites is 1. The summed E-state index contributed by atoms with van der Waals surface area (Å²) in [6.45, 7) is 4.73. The van der Waals surface area contributed by atoms with Crippen LogP contribution in [-0.4, -0.2) is 47.3 Å². The number of halogens is 1. The topological polar surface area (TPSA) is 70.2 Å². The number of anilines is 1. The van der Waals surface area contributed by atoms with Crippen LogP contribution in [0.25, 0.3) is 23.1 Å². The molecule has 0 spiro atoms. The van der Waals surface area contributed by atoms with Crippen LogP contribution in [0, 0.1) is 11.7 Å². The predicted molar refractivity (Wildman–Crippen MR) is 145 cm³/mol. The highest BCUT2D eigenvalue weighted by Gasteiger charge is 2.29. The van der Waals surface area contributed by atoms with Crippen LogP contribution in [0.15, 0.2) is 72.8 Å². The van der Waals surface area contributed by atoms with E-state index >= 15 is 0 Å². The molecule has 1 saturated heterocycles. The molecule has 1 aliphatic heterocycles. The van der Waals surface area contributed by atoms with Crippen LogP contribution in [0.3, 0.4) is 0 Å². The van der Waals surface area contributed by atoms with Gasteiger partial charge in [-0.05, 0) is 60.4 Å². The summed E-state index contributed by atoms with van der Waals surface area (Å²) in [6, 6.07) is 22.7. The van der Waals surface area contributed by atoms with E-state index in [-0.39, 0.29) is 17.6 Å². The molecule has 1 aromatic heterocycles. The van der Waals surface area contributed by atoms with Gasteiger partial charge in [-0.1, -0.05) is 48.5 Å². The van der Waals surface area contributed by atoms with Gasteiger partial charge < -0.3 is 10.1 Å². The molecule has 0 atom stereocenters. The lowest BCUT2D eigenvalue weighted by Crippen LogP contribution is -2.35. The maximum atomic E-state index is 12.5. The summed E-state index contributed by atoms with van der Waals surface area (Å²) in [4.78, 5) is 13.7. The van der Waals surface area contributed by atoms with E-state index in [9.17, 15) is 9.18 Å². The summed E-state index contributed by atoms with van der Waals surface area (Å²) in [5.74, 6) is -0.0546. The van der Waals surface area contributed by atoms with Gasteiger partial charge in [-0.25, -0.2) is 4.39 Å². The fourth-order valence-corrected chi connectivity index (χ4v) is 4.16. The Hall–Kier alpha value is -3.81. The van der Waals surface area contributed by atoms with Crippen molar-refractivity contribution in [2.45, 2.75) is 19.4 Å². The van der Waals surface area contributed by atoms with Crippen LogP contribution in [0.2, 0.25) is 0 Å². The molecule has 7 heteroatoms. The first-order chi connectivity index (χ1) is 18.1. The van der Waals surface area contributed by atoms with Crippen molar-refractivity contribution < 1.29 is 13.9 Å². The third-order valence-electron chi connectivity index (χ3n) is 6.48. The molecular formula is C30H31FN4O2. The Labute approximate surface area is 216 Å². The van der Waals surface area contributed by atoms with Gasteiger partial charge in [0.1, 0.15) is 5.82 Å². The average Bonchev–Trinajstić information content (AvgIpc) is 3.71. The molecule has 1 amide bonds. The van der Waals surface area contributed by atoms with Gasteiger partial charge in [-0.3, -0.25) is 14.8 Å². The Kier molecular flexibility index (Phi) is 8.03. The lowest BCUT2D eigenvalue weighted by molar-refractivity contribution is -0.117. The Bertz CT molecular complexity index is 1340. The highest BCUT2D eigenvalue weighted by molar-refractivity contribution is 5.94. The number of hydrogen-bond donors (Lipinski definition) is 2. The fraction of sp³-hybridized carbons (Fsp3) is 0.267. The number of aromatic amines is 1. The number of aromatic nitrogens is 2. The Morgan fingerprint density at radius 3 is 2.46 bits per heavy atom. The number of benzene rings is 3. The Balaban J connectivity index is 0.000000182. The van der Waals surface area contributed by atoms with Crippen molar-refractivity contribution in [1.82, 2.24) is 15.1 Å². The minimum absolute atomic E-state index is 0.0478. The van der Waals surface area contributed by atoms with E-state index in [1.54, 1.807) is 12.1 Å². The van der Waals surface area contributed by atoms with Gasteiger partial charge in [-0.2, -0.15) is 5.10 Å². The standard InChI is InChI=1S/C20H21N3O.C10H10FNO/c1-2-4-19-18(3-1)20(22-21-19)10-9-16-5-7-17(8-6-16)15-23-11-13-24-14-12-23;11-8-3-5-9(6-4-8)12-10(13)7-1-2-7/h1-10H,11-15H2,(H,21,22);3-7H,1-2H2,(H,12,13)/b10-9+;. The molecule has 0 unspecified atom stereocenters. The van der Waals surface area contributed by atoms with Crippen molar-refractivity contribution in [3.63, 3.8) is 0 Å². The molecule has 190 valence electrons. The molecule has 4 aromatic rings. The van der Waals surface area contributed by atoms with Crippen molar-refractivity contribution in [2.75, 3.05) is 31.6 Å². The normalized spacial score (nSPS) is 15.9. The number of nitrogens with zero attached hydrogens (tertiary/aromatic N) is 2. The molecule has 2 aliphatic rings. The van der Waals surface area contributed by atoms with Crippen LogP contribution >= 0.6 is 0 Å². The first-order valence-electron chi connectivity index (χ1n) is 12.7. The van der Waals surface area contributed by atoms with Crippen LogP contribution in [0.4, 0.5) is 10.1 Å². The summed E-state index contributed by atoms with van der Waals surface area (Å²) in [5, 5.41) is 11.3. The molecule has 3 aromatic carbocycles. The number of carbonyl (C=O) groups excluding carboxylic acids is 1. The number of morpholine rings is 1. The number of fused-ring (bicyclic) bond motifs is 1. The minimum Gasteiger partial charge on any atom is -0.379 e. The molecule has 6 nitrogen and oxygen atoms in total. The second kappa shape index (κ2) is 12.0. The first-order valence-corrected chi connectivity index (χ1v) is 12.7. The molecular weight excluding hydrogens is 467 g/mol. The smallest absolute Gasteiger partial charge is 0.227 e. The number of ether oxygens (including phenoxy) is 1. The molecule has 2 heterocycles. The van der Waals surface area contributed by atoms with Gasteiger partial charge in [-0.15, -0.1) is 0 Å². The van der Waals surface area contributed by atoms with Gasteiger partial charge >= 0.3 is 0 Å². The van der Waals surface area contributed by atoms with Crippen molar-refractivity contribution in [3.8, 4) is 0 Å². The molecule has 1 aliphatic carbocycles. The SMILES string of the molecule is C(=C\c1n[nH]c2ccccc12)/c1ccc(CN2CCOCC2)cc1.O=C(Nc1ccc(F)cc1)C1CC1. The van der Waals surface area contributed by atoms with Gasteiger partial charge in [0.15, 0.2) is 0 Å². The number of carbonyl (C=O) groups is 1. The van der Waals surface area contributed by atoms with Crippen molar-refractivity contribution in [2.24, 2.45) is 5.92 Å². The second-order valence-electron chi connectivity index (χ2n) is 9.39. The summed E-state index contributed by atoms with van der Waals surface area (Å²) >= 11 is 0. The molecule has 2 fully saturated rings. The summed E-state index contributed by atoms with van der Waals surface area (Å²) < 4.78 is 17.9. The summed E-state index contributed by atoms with van der Waals surface area (Å²) in [6.07, 6.45) is 6.14. The lowest BCUT2D eigenvalue weighted by Gasteiger charge is -2.26. The van der Waals surface area contributed by atoms with Gasteiger partial charge in [0, 0.05) is 36.6 Å². The summed E-state index contributed by atoms with van der Waals surface area (Å²) in [5.41, 5.74) is 5.24. The van der Waals surface area contributed by atoms with Crippen LogP contribution in [0.5, 0.6) is 0 Å². The van der Waals surface area contributed by atoms with Crippen molar-refractivity contribution in [3.05, 3.63) is 95.4 Å². The number of nitrogens with one attached hydrogen (secondary N) is 2. The highest BCUT2D eigenvalue weighted by atomic mass is 19.1. The molecule has 37 heavy (non-hydrogen) atoms. The quantitative estimate of drug-likeness (QED) is 0.356. The average molecular weight is 499 g/mol. The molecule has 0 radical (unpaired) electrons. The van der Waals surface area contributed by atoms with Crippen LogP contribution < -0.4 is 5.32 Å². The zero-order valence-electron chi connectivity index (χ0n) is 20.7. The molecule has 6 rings (SSSR count). The fourth-order valence-electron chi connectivity index (χ4n) is 4.16. The van der Waals surface area contributed by atoms with Gasteiger partial charge in [0.25, 0.3) is 0 Å². The largest absolute Gasteiger partial charge is 0.379 e. The van der Waals surface area contributed by atoms with Crippen LogP contribution in [0.1, 0.15) is 29.7 Å². The second-order valence-corrected chi connectivity index (χ2v) is 9.39. The number of amides is 1. The van der Waals surface area contributed by atoms with E-state index in [0.717, 1.165) is 62.3 Å². The van der Waals surface area contributed by atoms with Gasteiger partial charge in [0.2, 0.25) is 5.91 Å². The lowest BCUT2D eigenvalue weighted by atomic mass is 10.1. The minimum atomic E-state index is -0.288. The van der Waals surface area contributed by atoms with Crippen molar-refractivity contribution >= 4 is 34.6 Å². The van der Waals surface area contributed by atoms with E-state index in [1.165, 1.54) is 23.3 Å². The van der Waals surface area contributed by atoms with E-state index in [1.807, 2.05) is 18.2 Å². The molecule has 1 saturated carbocycles. The Morgan fingerprint density at radius 1 is 1.00 bits per heavy atom. The predicted octanol–water partition coefficient (Wildman–Crippen LogP) is 5.74. The summed E-state index contributed by atoms with van der Waals surface area (Å²) in [7, 11) is 0. The number of rotatable bonds is 6. The monoisotopic (exact) mass is 498 g/mol. The van der Waals surface area contributed by atoms with Gasteiger partial charge in [0.05, 0.1) is 24.4 Å². The van der Waals surface area contributed by atoms with E-state index in [0.29, 0.717) is 5.69 Å². The maximum Gasteiger partial charge on any atom is 0.227 e. The van der Waals surface area contributed by atoms with E-state index < -0.39 is 0 Å². The zero-order chi connectivity index (χ0) is 25.5. The van der Waals surface area contributed by atoms with E-state index in [2.05, 4.69) is 62.9 Å². The molecule has 0 bridgehead atoms. The Morgan fingerprint density at radius 2 is 1.73 bits per heavy atom.